The van der Waals surface area contributed by atoms with Crippen LogP contribution in [0.3, 0.4) is 0 Å². The third kappa shape index (κ3) is 4.25. The Morgan fingerprint density at radius 1 is 0.385 bits per heavy atom. The topological polar surface area (TPSA) is 61.4 Å². The molecule has 0 aliphatic carbocycles. The number of aromatic nitrogens is 6. The molecule has 4 aromatic heterocycles. The normalized spacial score (nSPS) is 11.8. The predicted octanol–water partition coefficient (Wildman–Crippen LogP) is 11.1. The minimum absolute atomic E-state index is 0.628. The van der Waals surface area contributed by atoms with E-state index in [1.165, 1.54) is 32.3 Å². The summed E-state index contributed by atoms with van der Waals surface area (Å²) in [6.07, 6.45) is 1.87. The lowest BCUT2D eigenvalue weighted by atomic mass is 9.99. The lowest BCUT2D eigenvalue weighted by molar-refractivity contribution is 1.07. The molecule has 11 aromatic rings. The molecule has 0 atom stereocenters. The number of fused-ring (bicyclic) bond motifs is 4. The molecule has 242 valence electrons. The molecule has 7 aromatic carbocycles. The van der Waals surface area contributed by atoms with Crippen LogP contribution < -0.4 is 0 Å². The Labute approximate surface area is 298 Å². The summed E-state index contributed by atoms with van der Waals surface area (Å²) < 4.78 is 4.72. The highest BCUT2D eigenvalue weighted by molar-refractivity contribution is 6.32. The molecule has 6 nitrogen and oxygen atoms in total. The van der Waals surface area contributed by atoms with Gasteiger partial charge in [-0.1, -0.05) is 121 Å². The van der Waals surface area contributed by atoms with Crippen LogP contribution in [0.5, 0.6) is 0 Å². The van der Waals surface area contributed by atoms with Crippen LogP contribution in [-0.4, -0.2) is 29.1 Å². The van der Waals surface area contributed by atoms with E-state index in [1.807, 2.05) is 72.9 Å². The van der Waals surface area contributed by atoms with E-state index in [-0.39, 0.29) is 0 Å². The Morgan fingerprint density at radius 2 is 1.04 bits per heavy atom. The lowest BCUT2D eigenvalue weighted by Crippen LogP contribution is -2.01. The minimum atomic E-state index is 0.628. The summed E-state index contributed by atoms with van der Waals surface area (Å²) in [6.45, 7) is 0. The third-order valence-corrected chi connectivity index (χ3v) is 10.2. The van der Waals surface area contributed by atoms with Gasteiger partial charge in [0.15, 0.2) is 17.5 Å². The fraction of sp³-hybridized carbons (Fsp3) is 0. The van der Waals surface area contributed by atoms with Crippen LogP contribution in [0.15, 0.2) is 170 Å². The molecular formula is C46H28N6. The molecule has 6 heteroatoms. The van der Waals surface area contributed by atoms with Crippen LogP contribution in [0.25, 0.3) is 100 Å². The number of benzene rings is 7. The highest BCUT2D eigenvalue weighted by Gasteiger charge is 2.23. The van der Waals surface area contributed by atoms with Crippen molar-refractivity contribution in [2.45, 2.75) is 0 Å². The molecule has 0 aliphatic rings. The standard InChI is InChI=1S/C46H28N6/c1-3-13-30(14-4-1)44-48-45(31-15-5-2-6-16-31)50-46(49-44)32-18-11-19-33(27-32)51-38-22-12-17-29-24-25-35-42(41(29)38)39(51)28-36-34-20-7-8-21-37(34)52(43(35)36)40-23-9-10-26-47-40/h1-28H. The lowest BCUT2D eigenvalue weighted by Gasteiger charge is -2.12. The van der Waals surface area contributed by atoms with Crippen molar-refractivity contribution in [2.24, 2.45) is 0 Å². The van der Waals surface area contributed by atoms with Gasteiger partial charge in [-0.25, -0.2) is 19.9 Å². The Bertz CT molecular complexity index is 3050. The van der Waals surface area contributed by atoms with E-state index in [9.17, 15) is 0 Å². The van der Waals surface area contributed by atoms with Crippen molar-refractivity contribution in [3.63, 3.8) is 0 Å². The second kappa shape index (κ2) is 11.2. The summed E-state index contributed by atoms with van der Waals surface area (Å²) in [5.74, 6) is 2.82. The zero-order chi connectivity index (χ0) is 34.2. The Balaban J connectivity index is 1.19. The smallest absolute Gasteiger partial charge is 0.164 e. The predicted molar refractivity (Wildman–Crippen MR) is 211 cm³/mol. The van der Waals surface area contributed by atoms with Crippen molar-refractivity contribution in [3.8, 4) is 45.7 Å². The SMILES string of the molecule is c1ccc(-c2nc(-c3ccccc3)nc(-c3cccc(-n4c5cccc6ccc7c(c65)c4cc4c5ccccc5n(-c5ccccn5)c47)c3)n2)cc1. The maximum absolute atomic E-state index is 5.04. The van der Waals surface area contributed by atoms with Gasteiger partial charge in [-0.05, 0) is 47.9 Å². The molecule has 52 heavy (non-hydrogen) atoms. The maximum Gasteiger partial charge on any atom is 0.164 e. The summed E-state index contributed by atoms with van der Waals surface area (Å²) in [7, 11) is 0. The molecule has 0 bridgehead atoms. The minimum Gasteiger partial charge on any atom is -0.309 e. The van der Waals surface area contributed by atoms with E-state index in [0.29, 0.717) is 17.5 Å². The second-order valence-corrected chi connectivity index (χ2v) is 13.1. The Hall–Kier alpha value is -7.18. The van der Waals surface area contributed by atoms with Gasteiger partial charge in [-0.2, -0.15) is 0 Å². The fourth-order valence-corrected chi connectivity index (χ4v) is 7.93. The number of nitrogens with zero attached hydrogens (tertiary/aromatic N) is 6. The number of para-hydroxylation sites is 1. The van der Waals surface area contributed by atoms with Crippen molar-refractivity contribution in [3.05, 3.63) is 170 Å². The average molecular weight is 665 g/mol. The van der Waals surface area contributed by atoms with Crippen molar-refractivity contribution >= 4 is 54.4 Å². The van der Waals surface area contributed by atoms with E-state index in [4.69, 9.17) is 19.9 Å². The second-order valence-electron chi connectivity index (χ2n) is 13.1. The monoisotopic (exact) mass is 664 g/mol. The van der Waals surface area contributed by atoms with Crippen molar-refractivity contribution in [2.75, 3.05) is 0 Å². The molecule has 4 heterocycles. The first-order valence-corrected chi connectivity index (χ1v) is 17.4. The molecule has 0 spiro atoms. The van der Waals surface area contributed by atoms with Gasteiger partial charge in [0, 0.05) is 55.5 Å². The van der Waals surface area contributed by atoms with Crippen LogP contribution in [0.1, 0.15) is 0 Å². The van der Waals surface area contributed by atoms with E-state index in [2.05, 4.69) is 106 Å². The van der Waals surface area contributed by atoms with Crippen molar-refractivity contribution in [1.29, 1.82) is 0 Å². The van der Waals surface area contributed by atoms with Crippen molar-refractivity contribution < 1.29 is 0 Å². The zero-order valence-electron chi connectivity index (χ0n) is 27.8. The van der Waals surface area contributed by atoms with Gasteiger partial charge >= 0.3 is 0 Å². The van der Waals surface area contributed by atoms with Crippen LogP contribution >= 0.6 is 0 Å². The van der Waals surface area contributed by atoms with Gasteiger partial charge in [-0.3, -0.25) is 4.57 Å². The number of hydrogen-bond acceptors (Lipinski definition) is 4. The number of hydrogen-bond donors (Lipinski definition) is 0. The summed E-state index contributed by atoms with van der Waals surface area (Å²) in [6, 6.07) is 57.0. The zero-order valence-corrected chi connectivity index (χ0v) is 27.8. The quantitative estimate of drug-likeness (QED) is 0.172. The van der Waals surface area contributed by atoms with Gasteiger partial charge in [0.1, 0.15) is 5.82 Å². The van der Waals surface area contributed by atoms with E-state index < -0.39 is 0 Å². The van der Waals surface area contributed by atoms with E-state index >= 15 is 0 Å². The molecule has 0 fully saturated rings. The first-order chi connectivity index (χ1) is 25.8. The van der Waals surface area contributed by atoms with Gasteiger partial charge < -0.3 is 4.57 Å². The molecule has 0 saturated heterocycles. The Morgan fingerprint density at radius 3 is 1.79 bits per heavy atom. The van der Waals surface area contributed by atoms with Crippen LogP contribution in [0.4, 0.5) is 0 Å². The fourth-order valence-electron chi connectivity index (χ4n) is 7.93. The number of rotatable bonds is 5. The summed E-state index contributed by atoms with van der Waals surface area (Å²) in [4.78, 5) is 19.8. The van der Waals surface area contributed by atoms with E-state index in [0.717, 1.165) is 50.3 Å². The highest BCUT2D eigenvalue weighted by Crippen LogP contribution is 2.45. The van der Waals surface area contributed by atoms with Gasteiger partial charge in [0.25, 0.3) is 0 Å². The first-order valence-electron chi connectivity index (χ1n) is 17.4. The molecule has 0 amide bonds. The molecule has 11 rings (SSSR count). The number of pyridine rings is 1. The maximum atomic E-state index is 5.04. The molecule has 0 unspecified atom stereocenters. The van der Waals surface area contributed by atoms with Gasteiger partial charge in [0.05, 0.1) is 22.1 Å². The van der Waals surface area contributed by atoms with Crippen molar-refractivity contribution in [1.82, 2.24) is 29.1 Å². The molecular weight excluding hydrogens is 637 g/mol. The molecule has 0 N–H and O–H groups in total. The summed E-state index contributed by atoms with van der Waals surface area (Å²) in [5, 5.41) is 7.28. The molecule has 0 radical (unpaired) electrons. The largest absolute Gasteiger partial charge is 0.309 e. The van der Waals surface area contributed by atoms with E-state index in [1.54, 1.807) is 0 Å². The van der Waals surface area contributed by atoms with Crippen LogP contribution in [0.2, 0.25) is 0 Å². The highest BCUT2D eigenvalue weighted by atomic mass is 15.1. The first kappa shape index (κ1) is 28.6. The molecule has 0 aliphatic heterocycles. The summed E-state index contributed by atoms with van der Waals surface area (Å²) >= 11 is 0. The molecule has 0 saturated carbocycles. The average Bonchev–Trinajstić information content (AvgIpc) is 3.74. The summed E-state index contributed by atoms with van der Waals surface area (Å²) in [5.41, 5.74) is 8.46. The van der Waals surface area contributed by atoms with Crippen LogP contribution in [0, 0.1) is 0 Å². The Kier molecular flexibility index (Phi) is 6.15. The third-order valence-electron chi connectivity index (χ3n) is 10.2. The van der Waals surface area contributed by atoms with Gasteiger partial charge in [0.2, 0.25) is 0 Å². The van der Waals surface area contributed by atoms with Crippen LogP contribution in [-0.2, 0) is 0 Å². The van der Waals surface area contributed by atoms with Gasteiger partial charge in [-0.15, -0.1) is 0 Å².